The van der Waals surface area contributed by atoms with Gasteiger partial charge in [0.1, 0.15) is 11.4 Å². The number of aryl methyl sites for hydroxylation is 2. The molecule has 0 radical (unpaired) electrons. The summed E-state index contributed by atoms with van der Waals surface area (Å²) in [6.45, 7) is 12.8. The summed E-state index contributed by atoms with van der Waals surface area (Å²) in [6.07, 6.45) is 0. The molecule has 1 aliphatic heterocycles. The Labute approximate surface area is 207 Å². The van der Waals surface area contributed by atoms with Crippen molar-refractivity contribution in [2.75, 3.05) is 16.8 Å². The molecule has 0 spiro atoms. The first-order chi connectivity index (χ1) is 16.6. The van der Waals surface area contributed by atoms with Crippen molar-refractivity contribution >= 4 is 28.8 Å². The minimum absolute atomic E-state index is 0.0152. The number of ether oxygens (including phenoxy) is 1. The molecular weight excluding hydrogens is 436 g/mol. The quantitative estimate of drug-likeness (QED) is 0.426. The predicted molar refractivity (Wildman–Crippen MR) is 142 cm³/mol. The molecule has 0 unspecified atom stereocenters. The highest BCUT2D eigenvalue weighted by molar-refractivity contribution is 6.46. The zero-order valence-electron chi connectivity index (χ0n) is 21.2. The van der Waals surface area contributed by atoms with E-state index in [1.807, 2.05) is 69.3 Å². The van der Waals surface area contributed by atoms with Crippen LogP contribution >= 0.6 is 0 Å². The average molecular weight is 469 g/mol. The van der Waals surface area contributed by atoms with Gasteiger partial charge >= 0.3 is 0 Å². The lowest BCUT2D eigenvalue weighted by atomic mass is 9.87. The van der Waals surface area contributed by atoms with Gasteiger partial charge in [0.2, 0.25) is 0 Å². The summed E-state index contributed by atoms with van der Waals surface area (Å²) < 4.78 is 5.74. The second-order valence-electron chi connectivity index (χ2n) is 9.85. The Balaban J connectivity index is 1.81. The number of benzene rings is 3. The number of nitrogens with one attached hydrogen (secondary N) is 1. The minimum Gasteiger partial charge on any atom is -0.492 e. The van der Waals surface area contributed by atoms with E-state index in [1.165, 1.54) is 10.5 Å². The average Bonchev–Trinajstić information content (AvgIpc) is 3.05. The maximum absolute atomic E-state index is 13.8. The third-order valence-electron chi connectivity index (χ3n) is 6.31. The van der Waals surface area contributed by atoms with Gasteiger partial charge in [-0.25, -0.2) is 4.90 Å². The first-order valence-electron chi connectivity index (χ1n) is 11.9. The Morgan fingerprint density at radius 3 is 2.17 bits per heavy atom. The van der Waals surface area contributed by atoms with Gasteiger partial charge < -0.3 is 10.1 Å². The molecule has 4 rings (SSSR count). The monoisotopic (exact) mass is 468 g/mol. The Kier molecular flexibility index (Phi) is 6.53. The summed E-state index contributed by atoms with van der Waals surface area (Å²) in [4.78, 5) is 28.8. The summed E-state index contributed by atoms with van der Waals surface area (Å²) in [5, 5.41) is 3.26. The van der Waals surface area contributed by atoms with Crippen molar-refractivity contribution in [1.82, 2.24) is 0 Å². The van der Waals surface area contributed by atoms with Gasteiger partial charge in [-0.05, 0) is 72.7 Å². The lowest BCUT2D eigenvalue weighted by Crippen LogP contribution is -2.32. The smallest absolute Gasteiger partial charge is 0.282 e. The van der Waals surface area contributed by atoms with Crippen molar-refractivity contribution in [3.8, 4) is 5.75 Å². The molecule has 2 amide bonds. The molecule has 5 heteroatoms. The zero-order chi connectivity index (χ0) is 25.3. The van der Waals surface area contributed by atoms with Crippen molar-refractivity contribution in [1.29, 1.82) is 0 Å². The van der Waals surface area contributed by atoms with Crippen molar-refractivity contribution in [3.05, 3.63) is 94.7 Å². The van der Waals surface area contributed by atoms with Gasteiger partial charge in [-0.3, -0.25) is 9.59 Å². The number of imide groups is 1. The molecule has 0 aliphatic carbocycles. The number of hydrogen-bond donors (Lipinski definition) is 1. The lowest BCUT2D eigenvalue weighted by Gasteiger charge is -2.20. The molecule has 3 aromatic rings. The van der Waals surface area contributed by atoms with Crippen LogP contribution in [0.4, 0.5) is 11.4 Å². The second-order valence-corrected chi connectivity index (χ2v) is 9.85. The first-order valence-corrected chi connectivity index (χ1v) is 11.9. The highest BCUT2D eigenvalue weighted by atomic mass is 16.5. The maximum atomic E-state index is 13.8. The molecule has 0 saturated heterocycles. The number of hydrogen-bond acceptors (Lipinski definition) is 4. The largest absolute Gasteiger partial charge is 0.492 e. The van der Waals surface area contributed by atoms with Crippen molar-refractivity contribution in [3.63, 3.8) is 0 Å². The van der Waals surface area contributed by atoms with Crippen LogP contribution < -0.4 is 15.0 Å². The molecule has 3 aromatic carbocycles. The molecular formula is C30H32N2O3. The summed E-state index contributed by atoms with van der Waals surface area (Å²) in [5.41, 5.74) is 5.87. The van der Waals surface area contributed by atoms with E-state index in [9.17, 15) is 9.59 Å². The van der Waals surface area contributed by atoms with Crippen LogP contribution in [0.3, 0.4) is 0 Å². The van der Waals surface area contributed by atoms with Gasteiger partial charge in [-0.2, -0.15) is 0 Å². The molecule has 0 bridgehead atoms. The predicted octanol–water partition coefficient (Wildman–Crippen LogP) is 6.40. The van der Waals surface area contributed by atoms with Crippen LogP contribution in [0, 0.1) is 13.8 Å². The number of para-hydroxylation sites is 2. The van der Waals surface area contributed by atoms with E-state index in [2.05, 4.69) is 26.1 Å². The number of rotatable bonds is 6. The summed E-state index contributed by atoms with van der Waals surface area (Å²) in [7, 11) is 0. The van der Waals surface area contributed by atoms with Gasteiger partial charge in [0, 0.05) is 5.69 Å². The van der Waals surface area contributed by atoms with Gasteiger partial charge in [0.25, 0.3) is 11.8 Å². The van der Waals surface area contributed by atoms with Crippen molar-refractivity contribution < 1.29 is 14.3 Å². The standard InChI is InChI=1S/C30H32N2O3/c1-7-35-25-11-9-8-10-24(25)32-28(33)26(21-13-12-19(2)20(3)18-21)27(29(32)34)31-23-16-14-22(15-17-23)30(4,5)6/h8-18,31H,7H2,1-6H3. The summed E-state index contributed by atoms with van der Waals surface area (Å²) in [5.74, 6) is -0.290. The molecule has 0 aromatic heterocycles. The summed E-state index contributed by atoms with van der Waals surface area (Å²) in [6, 6.07) is 20.9. The number of amides is 2. The van der Waals surface area contributed by atoms with E-state index in [0.717, 1.165) is 16.8 Å². The Morgan fingerprint density at radius 2 is 1.54 bits per heavy atom. The van der Waals surface area contributed by atoms with Crippen molar-refractivity contribution in [2.45, 2.75) is 47.0 Å². The molecule has 0 saturated carbocycles. The van der Waals surface area contributed by atoms with E-state index >= 15 is 0 Å². The fourth-order valence-corrected chi connectivity index (χ4v) is 4.15. The third-order valence-corrected chi connectivity index (χ3v) is 6.31. The molecule has 5 nitrogen and oxygen atoms in total. The fourth-order valence-electron chi connectivity index (χ4n) is 4.15. The van der Waals surface area contributed by atoms with E-state index in [-0.39, 0.29) is 17.0 Å². The third kappa shape index (κ3) is 4.72. The Morgan fingerprint density at radius 1 is 0.857 bits per heavy atom. The fraction of sp³-hybridized carbons (Fsp3) is 0.267. The van der Waals surface area contributed by atoms with Crippen LogP contribution in [0.2, 0.25) is 0 Å². The molecule has 0 fully saturated rings. The van der Waals surface area contributed by atoms with E-state index in [4.69, 9.17) is 4.74 Å². The van der Waals surface area contributed by atoms with E-state index in [1.54, 1.807) is 18.2 Å². The number of nitrogens with zero attached hydrogens (tertiary/aromatic N) is 1. The topological polar surface area (TPSA) is 58.6 Å². The van der Waals surface area contributed by atoms with Gasteiger partial charge in [0.05, 0.1) is 17.9 Å². The zero-order valence-corrected chi connectivity index (χ0v) is 21.2. The number of carbonyl (C=O) groups is 2. The SMILES string of the molecule is CCOc1ccccc1N1C(=O)C(Nc2ccc(C(C)(C)C)cc2)=C(c2ccc(C)c(C)c2)C1=O. The van der Waals surface area contributed by atoms with Crippen LogP contribution in [0.1, 0.15) is 49.9 Å². The minimum atomic E-state index is -0.407. The van der Waals surface area contributed by atoms with Crippen LogP contribution in [0.25, 0.3) is 5.57 Å². The van der Waals surface area contributed by atoms with Crippen LogP contribution in [0.5, 0.6) is 5.75 Å². The number of carbonyl (C=O) groups excluding carboxylic acids is 2. The summed E-state index contributed by atoms with van der Waals surface area (Å²) >= 11 is 0. The van der Waals surface area contributed by atoms with Crippen LogP contribution in [-0.4, -0.2) is 18.4 Å². The van der Waals surface area contributed by atoms with Gasteiger partial charge in [-0.1, -0.05) is 63.2 Å². The highest BCUT2D eigenvalue weighted by Gasteiger charge is 2.41. The molecule has 1 heterocycles. The second kappa shape index (κ2) is 9.41. The lowest BCUT2D eigenvalue weighted by molar-refractivity contribution is -0.120. The molecule has 1 N–H and O–H groups in total. The molecule has 1 aliphatic rings. The van der Waals surface area contributed by atoms with Crippen LogP contribution in [0.15, 0.2) is 72.4 Å². The maximum Gasteiger partial charge on any atom is 0.282 e. The highest BCUT2D eigenvalue weighted by Crippen LogP contribution is 2.38. The normalized spacial score (nSPS) is 14.1. The Bertz CT molecular complexity index is 1310. The Hall–Kier alpha value is -3.86. The molecule has 180 valence electrons. The van der Waals surface area contributed by atoms with Crippen LogP contribution in [-0.2, 0) is 15.0 Å². The van der Waals surface area contributed by atoms with E-state index < -0.39 is 5.91 Å². The van der Waals surface area contributed by atoms with Gasteiger partial charge in [-0.15, -0.1) is 0 Å². The molecule has 0 atom stereocenters. The first kappa shape index (κ1) is 24.3. The number of anilines is 2. The van der Waals surface area contributed by atoms with Crippen molar-refractivity contribution in [2.24, 2.45) is 0 Å². The van der Waals surface area contributed by atoms with E-state index in [0.29, 0.717) is 29.2 Å². The van der Waals surface area contributed by atoms with Gasteiger partial charge in [0.15, 0.2) is 0 Å². The molecule has 35 heavy (non-hydrogen) atoms.